The van der Waals surface area contributed by atoms with E-state index in [0.29, 0.717) is 22.1 Å². The molecular weight excluding hydrogens is 474 g/mol. The van der Waals surface area contributed by atoms with Crippen LogP contribution in [0, 0.1) is 0 Å². The van der Waals surface area contributed by atoms with Crippen molar-refractivity contribution in [2.24, 2.45) is 0 Å². The average Bonchev–Trinajstić information content (AvgIpc) is 3.31. The van der Waals surface area contributed by atoms with E-state index in [9.17, 15) is 14.7 Å². The van der Waals surface area contributed by atoms with E-state index >= 15 is 0 Å². The largest absolute Gasteiger partial charge is 0.480 e. The summed E-state index contributed by atoms with van der Waals surface area (Å²) in [6.45, 7) is 0. The first-order chi connectivity index (χ1) is 17.0. The Morgan fingerprint density at radius 1 is 0.914 bits per heavy atom. The van der Waals surface area contributed by atoms with Crippen molar-refractivity contribution in [3.63, 3.8) is 0 Å². The topological polar surface area (TPSA) is 67.3 Å². The minimum Gasteiger partial charge on any atom is -0.480 e. The van der Waals surface area contributed by atoms with Crippen LogP contribution >= 0.6 is 24.0 Å². The lowest BCUT2D eigenvalue weighted by molar-refractivity contribution is -0.144. The van der Waals surface area contributed by atoms with Crippen LogP contribution in [0.5, 0.6) is 0 Å². The van der Waals surface area contributed by atoms with E-state index < -0.39 is 22.4 Å². The van der Waals surface area contributed by atoms with E-state index in [-0.39, 0.29) is 0 Å². The number of thiol groups is 1. The van der Waals surface area contributed by atoms with Gasteiger partial charge in [0.05, 0.1) is 10.2 Å². The molecular formula is C29H27NO3S2. The van der Waals surface area contributed by atoms with Crippen molar-refractivity contribution in [3.8, 4) is 0 Å². The highest BCUT2D eigenvalue weighted by molar-refractivity contribution is 7.96. The van der Waals surface area contributed by atoms with Crippen LogP contribution in [0.15, 0.2) is 78.9 Å². The quantitative estimate of drug-likeness (QED) is 0.269. The van der Waals surface area contributed by atoms with Gasteiger partial charge in [0.2, 0.25) is 0 Å². The van der Waals surface area contributed by atoms with E-state index in [4.69, 9.17) is 4.98 Å². The standard InChI is InChI=1S/C29H27NO3S2/c31-27(34)25(26-30-23-17-16-20(18-24(23)35-26)19-10-4-1-5-11-19)29(28(32)33,21-12-6-2-7-13-21)22-14-8-3-9-15-22/h2-3,6-9,12-19,25H,1,4-5,10-11H2,(H,31,34)(H,32,33). The first kappa shape index (κ1) is 23.8. The van der Waals surface area contributed by atoms with Gasteiger partial charge in [0.15, 0.2) is 5.12 Å². The Morgan fingerprint density at radius 2 is 1.51 bits per heavy atom. The Morgan fingerprint density at radius 3 is 2.06 bits per heavy atom. The first-order valence-corrected chi connectivity index (χ1v) is 13.3. The molecule has 1 aliphatic rings. The number of nitrogens with zero attached hydrogens (tertiary/aromatic N) is 1. The molecule has 0 aliphatic heterocycles. The van der Waals surface area contributed by atoms with Crippen LogP contribution in [0.1, 0.15) is 65.6 Å². The number of hydrogen-bond donors (Lipinski definition) is 2. The minimum absolute atomic E-state index is 0.468. The Bertz CT molecular complexity index is 1300. The van der Waals surface area contributed by atoms with Crippen LogP contribution < -0.4 is 0 Å². The number of fused-ring (bicyclic) bond motifs is 1. The number of rotatable bonds is 7. The molecule has 0 saturated heterocycles. The fraction of sp³-hybridized carbons (Fsp3) is 0.276. The smallest absolute Gasteiger partial charge is 0.319 e. The third-order valence-electron chi connectivity index (χ3n) is 7.23. The number of carboxylic acid groups (broad SMARTS) is 1. The summed E-state index contributed by atoms with van der Waals surface area (Å²) in [5.41, 5.74) is 1.46. The Labute approximate surface area is 214 Å². The molecule has 1 heterocycles. The van der Waals surface area contributed by atoms with Crippen molar-refractivity contribution in [1.29, 1.82) is 0 Å². The van der Waals surface area contributed by atoms with Crippen LogP contribution in [0.2, 0.25) is 0 Å². The van der Waals surface area contributed by atoms with Crippen molar-refractivity contribution in [2.45, 2.75) is 49.4 Å². The van der Waals surface area contributed by atoms with Gasteiger partial charge in [0, 0.05) is 0 Å². The molecule has 6 heteroatoms. The maximum absolute atomic E-state index is 13.2. The van der Waals surface area contributed by atoms with Crippen molar-refractivity contribution in [1.82, 2.24) is 4.98 Å². The number of thiazole rings is 1. The van der Waals surface area contributed by atoms with Crippen molar-refractivity contribution in [2.75, 3.05) is 0 Å². The van der Waals surface area contributed by atoms with Gasteiger partial charge < -0.3 is 5.11 Å². The normalized spacial score (nSPS) is 15.7. The highest BCUT2D eigenvalue weighted by Gasteiger charge is 2.53. The molecule has 4 nitrogen and oxygen atoms in total. The number of aliphatic carboxylic acids is 1. The van der Waals surface area contributed by atoms with Gasteiger partial charge in [-0.3, -0.25) is 9.59 Å². The van der Waals surface area contributed by atoms with E-state index in [2.05, 4.69) is 24.8 Å². The molecule has 178 valence electrons. The Hall–Kier alpha value is -2.96. The zero-order chi connectivity index (χ0) is 24.4. The summed E-state index contributed by atoms with van der Waals surface area (Å²) in [6.07, 6.45) is 6.19. The van der Waals surface area contributed by atoms with Gasteiger partial charge in [0.25, 0.3) is 0 Å². The maximum atomic E-state index is 13.2. The third kappa shape index (κ3) is 4.30. The molecule has 3 aromatic carbocycles. The van der Waals surface area contributed by atoms with Crippen LogP contribution in [0.3, 0.4) is 0 Å². The molecule has 1 aromatic heterocycles. The molecule has 1 aliphatic carbocycles. The fourth-order valence-corrected chi connectivity index (χ4v) is 7.11. The summed E-state index contributed by atoms with van der Waals surface area (Å²) >= 11 is 5.64. The molecule has 1 N–H and O–H groups in total. The summed E-state index contributed by atoms with van der Waals surface area (Å²) in [5.74, 6) is -1.65. The van der Waals surface area contributed by atoms with Crippen molar-refractivity contribution in [3.05, 3.63) is 101 Å². The van der Waals surface area contributed by atoms with Crippen LogP contribution in [0.25, 0.3) is 10.2 Å². The summed E-state index contributed by atoms with van der Waals surface area (Å²) in [6, 6.07) is 24.2. The third-order valence-corrected chi connectivity index (χ3v) is 8.57. The SMILES string of the molecule is O=C(S)C(c1nc2ccc(C3CCCCC3)cc2s1)C(C(=O)O)(c1ccccc1)c1ccccc1. The molecule has 0 amide bonds. The minimum atomic E-state index is -1.67. The van der Waals surface area contributed by atoms with Gasteiger partial charge in [-0.05, 0) is 47.6 Å². The Balaban J connectivity index is 1.70. The van der Waals surface area contributed by atoms with Crippen molar-refractivity contribution >= 4 is 45.3 Å². The molecule has 5 rings (SSSR count). The number of carbonyl (C=O) groups excluding carboxylic acids is 1. The van der Waals surface area contributed by atoms with Crippen LogP contribution in [0.4, 0.5) is 0 Å². The molecule has 0 spiro atoms. The molecule has 1 atom stereocenters. The summed E-state index contributed by atoms with van der Waals surface area (Å²) in [4.78, 5) is 31.2. The predicted octanol–water partition coefficient (Wildman–Crippen LogP) is 6.95. The summed E-state index contributed by atoms with van der Waals surface area (Å²) in [5, 5.41) is 10.7. The Kier molecular flexibility index (Phi) is 6.76. The lowest BCUT2D eigenvalue weighted by atomic mass is 9.66. The highest BCUT2D eigenvalue weighted by atomic mass is 32.1. The second-order valence-electron chi connectivity index (χ2n) is 9.23. The lowest BCUT2D eigenvalue weighted by Crippen LogP contribution is -2.45. The van der Waals surface area contributed by atoms with E-state index in [1.54, 1.807) is 48.5 Å². The molecule has 0 radical (unpaired) electrons. The second-order valence-corrected chi connectivity index (χ2v) is 10.7. The van der Waals surface area contributed by atoms with Crippen LogP contribution in [-0.4, -0.2) is 21.2 Å². The molecule has 1 unspecified atom stereocenters. The molecule has 0 bridgehead atoms. The maximum Gasteiger partial charge on any atom is 0.319 e. The zero-order valence-corrected chi connectivity index (χ0v) is 21.0. The van der Waals surface area contributed by atoms with Gasteiger partial charge in [0.1, 0.15) is 16.3 Å². The number of carbonyl (C=O) groups is 2. The van der Waals surface area contributed by atoms with Gasteiger partial charge >= 0.3 is 5.97 Å². The fourth-order valence-electron chi connectivity index (χ4n) is 5.52. The molecule has 1 fully saturated rings. The van der Waals surface area contributed by atoms with E-state index in [1.165, 1.54) is 49.0 Å². The number of carboxylic acids is 1. The lowest BCUT2D eigenvalue weighted by Gasteiger charge is -2.35. The first-order valence-electron chi connectivity index (χ1n) is 12.0. The summed E-state index contributed by atoms with van der Waals surface area (Å²) < 4.78 is 0.975. The number of hydrogen-bond acceptors (Lipinski definition) is 4. The summed E-state index contributed by atoms with van der Waals surface area (Å²) in [7, 11) is 0. The van der Waals surface area contributed by atoms with Crippen LogP contribution in [-0.2, 0) is 15.0 Å². The van der Waals surface area contributed by atoms with Gasteiger partial charge in [-0.1, -0.05) is 86.0 Å². The predicted molar refractivity (Wildman–Crippen MR) is 143 cm³/mol. The average molecular weight is 502 g/mol. The number of benzene rings is 3. The number of aromatic nitrogens is 1. The highest BCUT2D eigenvalue weighted by Crippen LogP contribution is 2.48. The monoisotopic (exact) mass is 501 g/mol. The van der Waals surface area contributed by atoms with Crippen molar-refractivity contribution < 1.29 is 14.7 Å². The second kappa shape index (κ2) is 9.96. The van der Waals surface area contributed by atoms with Gasteiger partial charge in [-0.25, -0.2) is 4.98 Å². The van der Waals surface area contributed by atoms with E-state index in [0.717, 1.165) is 10.2 Å². The van der Waals surface area contributed by atoms with Gasteiger partial charge in [-0.2, -0.15) is 0 Å². The molecule has 35 heavy (non-hydrogen) atoms. The molecule has 4 aromatic rings. The van der Waals surface area contributed by atoms with Gasteiger partial charge in [-0.15, -0.1) is 24.0 Å². The zero-order valence-electron chi connectivity index (χ0n) is 19.3. The van der Waals surface area contributed by atoms with E-state index in [1.807, 2.05) is 18.2 Å². The molecule has 1 saturated carbocycles.